The molecule has 3 atom stereocenters. The van der Waals surface area contributed by atoms with Crippen molar-refractivity contribution < 1.29 is 23.8 Å². The quantitative estimate of drug-likeness (QED) is 0.525. The molecule has 0 saturated carbocycles. The molecular formula is C14H26O5. The van der Waals surface area contributed by atoms with Gasteiger partial charge in [-0.1, -0.05) is 34.1 Å². The lowest BCUT2D eigenvalue weighted by Gasteiger charge is -2.19. The topological polar surface area (TPSA) is 61.8 Å². The molecule has 0 rings (SSSR count). The zero-order valence-electron chi connectivity index (χ0n) is 12.8. The summed E-state index contributed by atoms with van der Waals surface area (Å²) in [6.45, 7) is 10.9. The van der Waals surface area contributed by atoms with Crippen LogP contribution in [0.4, 0.5) is 4.79 Å². The normalized spacial score (nSPS) is 15.5. The molecule has 0 aliphatic rings. The molecule has 0 aromatic heterocycles. The van der Waals surface area contributed by atoms with Crippen LogP contribution in [0.2, 0.25) is 0 Å². The summed E-state index contributed by atoms with van der Waals surface area (Å²) in [7, 11) is 0. The van der Waals surface area contributed by atoms with Crippen molar-refractivity contribution in [2.24, 2.45) is 11.8 Å². The second-order valence-electron chi connectivity index (χ2n) is 5.13. The van der Waals surface area contributed by atoms with Crippen LogP contribution < -0.4 is 0 Å². The Morgan fingerprint density at radius 2 is 1.53 bits per heavy atom. The lowest BCUT2D eigenvalue weighted by Crippen LogP contribution is -2.28. The summed E-state index contributed by atoms with van der Waals surface area (Å²) in [5.74, 6) is -0.351. The summed E-state index contributed by atoms with van der Waals surface area (Å²) in [6.07, 6.45) is -0.336. The Morgan fingerprint density at radius 3 is 2.00 bits per heavy atom. The van der Waals surface area contributed by atoms with E-state index in [1.807, 2.05) is 20.8 Å². The Hall–Kier alpha value is -1.26. The van der Waals surface area contributed by atoms with Gasteiger partial charge in [0.05, 0.1) is 5.92 Å². The third-order valence-electron chi connectivity index (χ3n) is 2.89. The van der Waals surface area contributed by atoms with E-state index in [1.54, 1.807) is 13.8 Å². The van der Waals surface area contributed by atoms with Crippen LogP contribution in [-0.2, 0) is 19.0 Å². The molecule has 0 radical (unpaired) electrons. The molecule has 0 aliphatic heterocycles. The largest absolute Gasteiger partial charge is 0.511 e. The van der Waals surface area contributed by atoms with E-state index in [-0.39, 0.29) is 23.9 Å². The lowest BCUT2D eigenvalue weighted by atomic mass is 10.1. The molecule has 5 heteroatoms. The molecule has 0 aliphatic carbocycles. The van der Waals surface area contributed by atoms with Gasteiger partial charge in [0.15, 0.2) is 0 Å². The van der Waals surface area contributed by atoms with Gasteiger partial charge in [0, 0.05) is 6.92 Å². The smallest absolute Gasteiger partial charge is 0.431 e. The van der Waals surface area contributed by atoms with Gasteiger partial charge in [0.1, 0.15) is 6.10 Å². The van der Waals surface area contributed by atoms with Crippen LogP contribution in [0.1, 0.15) is 54.4 Å². The molecule has 0 N–H and O–H groups in total. The number of carbonyl (C=O) groups excluding carboxylic acids is 2. The number of hydrogen-bond donors (Lipinski definition) is 0. The van der Waals surface area contributed by atoms with Gasteiger partial charge in [-0.05, 0) is 19.3 Å². The van der Waals surface area contributed by atoms with Gasteiger partial charge >= 0.3 is 12.1 Å². The van der Waals surface area contributed by atoms with Crippen LogP contribution in [0.5, 0.6) is 0 Å². The van der Waals surface area contributed by atoms with Crippen LogP contribution in [0, 0.1) is 11.8 Å². The van der Waals surface area contributed by atoms with Crippen molar-refractivity contribution in [1.82, 2.24) is 0 Å². The highest BCUT2D eigenvalue weighted by atomic mass is 16.8. The van der Waals surface area contributed by atoms with Crippen LogP contribution in [0.15, 0.2) is 0 Å². The maximum Gasteiger partial charge on any atom is 0.511 e. The zero-order valence-corrected chi connectivity index (χ0v) is 12.8. The number of rotatable bonds is 7. The lowest BCUT2D eigenvalue weighted by molar-refractivity contribution is -0.173. The summed E-state index contributed by atoms with van der Waals surface area (Å²) >= 11 is 0. The van der Waals surface area contributed by atoms with Crippen molar-refractivity contribution in [3.05, 3.63) is 0 Å². The minimum Gasteiger partial charge on any atom is -0.431 e. The van der Waals surface area contributed by atoms with E-state index in [2.05, 4.69) is 0 Å². The Kier molecular flexibility index (Phi) is 8.19. The molecule has 112 valence electrons. The number of carbonyl (C=O) groups is 2. The second-order valence-corrected chi connectivity index (χ2v) is 5.13. The van der Waals surface area contributed by atoms with E-state index in [9.17, 15) is 9.59 Å². The molecule has 5 nitrogen and oxygen atoms in total. The van der Waals surface area contributed by atoms with Gasteiger partial charge < -0.3 is 14.2 Å². The van der Waals surface area contributed by atoms with Crippen LogP contribution >= 0.6 is 0 Å². The van der Waals surface area contributed by atoms with Crippen molar-refractivity contribution in [3.63, 3.8) is 0 Å². The minimum absolute atomic E-state index is 0.193. The summed E-state index contributed by atoms with van der Waals surface area (Å²) in [5, 5.41) is 0. The van der Waals surface area contributed by atoms with E-state index in [4.69, 9.17) is 14.2 Å². The molecule has 0 spiro atoms. The summed E-state index contributed by atoms with van der Waals surface area (Å²) < 4.78 is 14.9. The predicted molar refractivity (Wildman–Crippen MR) is 71.5 cm³/mol. The maximum atomic E-state index is 11.6. The molecule has 19 heavy (non-hydrogen) atoms. The molecule has 0 amide bonds. The van der Waals surface area contributed by atoms with Gasteiger partial charge in [-0.3, -0.25) is 4.79 Å². The first-order chi connectivity index (χ1) is 8.77. The van der Waals surface area contributed by atoms with Crippen molar-refractivity contribution in [1.29, 1.82) is 0 Å². The van der Waals surface area contributed by atoms with E-state index in [0.717, 1.165) is 12.8 Å². The second kappa shape index (κ2) is 8.77. The molecule has 0 heterocycles. The molecule has 0 fully saturated rings. The van der Waals surface area contributed by atoms with Crippen LogP contribution in [0.25, 0.3) is 0 Å². The molecule has 0 bridgehead atoms. The minimum atomic E-state index is -0.932. The van der Waals surface area contributed by atoms with Gasteiger partial charge in [0.25, 0.3) is 0 Å². The molecule has 0 saturated heterocycles. The van der Waals surface area contributed by atoms with Crippen molar-refractivity contribution in [2.75, 3.05) is 0 Å². The summed E-state index contributed by atoms with van der Waals surface area (Å²) in [6, 6.07) is 0. The molecule has 3 unspecified atom stereocenters. The standard InChI is InChI=1S/C14H26O5/c1-7-8-10(4)13(15)18-12(6)19-14(16)17-11(5)9(2)3/h9-12H,7-8H2,1-6H3. The molecule has 0 aromatic rings. The van der Waals surface area contributed by atoms with Crippen LogP contribution in [0.3, 0.4) is 0 Å². The Labute approximate surface area is 115 Å². The highest BCUT2D eigenvalue weighted by Crippen LogP contribution is 2.11. The summed E-state index contributed by atoms with van der Waals surface area (Å²) in [5.41, 5.74) is 0. The average molecular weight is 274 g/mol. The van der Waals surface area contributed by atoms with E-state index >= 15 is 0 Å². The van der Waals surface area contributed by atoms with Gasteiger partial charge in [-0.2, -0.15) is 0 Å². The predicted octanol–water partition coefficient (Wildman–Crippen LogP) is 3.51. The van der Waals surface area contributed by atoms with E-state index in [1.165, 1.54) is 6.92 Å². The van der Waals surface area contributed by atoms with Gasteiger partial charge in [0.2, 0.25) is 6.29 Å². The van der Waals surface area contributed by atoms with Gasteiger partial charge in [-0.25, -0.2) is 4.79 Å². The maximum absolute atomic E-state index is 11.6. The number of esters is 1. The fourth-order valence-electron chi connectivity index (χ4n) is 1.31. The monoisotopic (exact) mass is 274 g/mol. The highest BCUT2D eigenvalue weighted by molar-refractivity contribution is 5.72. The Balaban J connectivity index is 4.06. The molecule has 0 aromatic carbocycles. The van der Waals surface area contributed by atoms with E-state index < -0.39 is 12.4 Å². The van der Waals surface area contributed by atoms with Crippen molar-refractivity contribution >= 4 is 12.1 Å². The first kappa shape index (κ1) is 17.7. The average Bonchev–Trinajstić information content (AvgIpc) is 2.28. The number of ether oxygens (including phenoxy) is 3. The zero-order chi connectivity index (χ0) is 15.0. The summed E-state index contributed by atoms with van der Waals surface area (Å²) in [4.78, 5) is 23.0. The first-order valence-corrected chi connectivity index (χ1v) is 6.85. The Morgan fingerprint density at radius 1 is 0.947 bits per heavy atom. The van der Waals surface area contributed by atoms with Gasteiger partial charge in [-0.15, -0.1) is 0 Å². The third kappa shape index (κ3) is 7.70. The van der Waals surface area contributed by atoms with Crippen molar-refractivity contribution in [2.45, 2.75) is 66.8 Å². The Bertz CT molecular complexity index is 288. The van der Waals surface area contributed by atoms with Crippen LogP contribution in [-0.4, -0.2) is 24.5 Å². The number of hydrogen-bond acceptors (Lipinski definition) is 5. The van der Waals surface area contributed by atoms with E-state index in [0.29, 0.717) is 0 Å². The fraction of sp³-hybridized carbons (Fsp3) is 0.857. The highest BCUT2D eigenvalue weighted by Gasteiger charge is 2.21. The SMILES string of the molecule is CCCC(C)C(=O)OC(C)OC(=O)OC(C)C(C)C. The fourth-order valence-corrected chi connectivity index (χ4v) is 1.31. The third-order valence-corrected chi connectivity index (χ3v) is 2.89. The molecular weight excluding hydrogens is 248 g/mol. The van der Waals surface area contributed by atoms with Crippen molar-refractivity contribution in [3.8, 4) is 0 Å². The first-order valence-electron chi connectivity index (χ1n) is 6.85.